The summed E-state index contributed by atoms with van der Waals surface area (Å²) in [6.07, 6.45) is 0. The third-order valence-corrected chi connectivity index (χ3v) is 5.60. The zero-order valence-corrected chi connectivity index (χ0v) is 12.8. The molecule has 0 spiro atoms. The summed E-state index contributed by atoms with van der Waals surface area (Å²) in [6.45, 7) is 1.69. The van der Waals surface area contributed by atoms with E-state index in [-0.39, 0.29) is 17.9 Å². The number of hydrogen-bond acceptors (Lipinski definition) is 5. The van der Waals surface area contributed by atoms with Gasteiger partial charge in [0.05, 0.1) is 12.0 Å². The lowest BCUT2D eigenvalue weighted by molar-refractivity contribution is -0.730. The van der Waals surface area contributed by atoms with Gasteiger partial charge in [0.2, 0.25) is 17.4 Å². The van der Waals surface area contributed by atoms with Crippen LogP contribution in [-0.2, 0) is 19.1 Å². The van der Waals surface area contributed by atoms with Gasteiger partial charge < -0.3 is 10.1 Å². The molecule has 3 heterocycles. The fourth-order valence-corrected chi connectivity index (χ4v) is 4.41. The summed E-state index contributed by atoms with van der Waals surface area (Å²) >= 11 is 1.53. The van der Waals surface area contributed by atoms with Crippen LogP contribution in [0.3, 0.4) is 0 Å². The maximum absolute atomic E-state index is 12.4. The Morgan fingerprint density at radius 1 is 1.43 bits per heavy atom. The Kier molecular flexibility index (Phi) is 3.14. The van der Waals surface area contributed by atoms with E-state index >= 15 is 0 Å². The first kappa shape index (κ1) is 14.2. The second-order valence-electron chi connectivity index (χ2n) is 5.72. The molecule has 0 aromatic carbocycles. The lowest BCUT2D eigenvalue weighted by atomic mass is 9.81. The predicted molar refractivity (Wildman–Crippen MR) is 74.2 cm³/mol. The molecule has 2 fully saturated rings. The summed E-state index contributed by atoms with van der Waals surface area (Å²) in [5.74, 6) is -2.16. The number of amides is 2. The average Bonchev–Trinajstić information content (AvgIpc) is 3.14. The van der Waals surface area contributed by atoms with Gasteiger partial charge in [-0.1, -0.05) is 6.07 Å². The predicted octanol–water partition coefficient (Wildman–Crippen LogP) is -0.471. The van der Waals surface area contributed by atoms with Gasteiger partial charge in [0.25, 0.3) is 0 Å². The zero-order valence-electron chi connectivity index (χ0n) is 12.0. The van der Waals surface area contributed by atoms with Gasteiger partial charge in [-0.25, -0.2) is 4.79 Å². The second-order valence-corrected chi connectivity index (χ2v) is 6.70. The van der Waals surface area contributed by atoms with Gasteiger partial charge in [-0.2, -0.15) is 0 Å². The van der Waals surface area contributed by atoms with Gasteiger partial charge in [0.1, 0.15) is 17.9 Å². The van der Waals surface area contributed by atoms with Crippen LogP contribution >= 0.6 is 11.3 Å². The second kappa shape index (κ2) is 4.64. The van der Waals surface area contributed by atoms with Crippen molar-refractivity contribution in [1.29, 1.82) is 0 Å². The smallest absolute Gasteiger partial charge is 0.368 e. The minimum Gasteiger partial charge on any atom is -0.464 e. The Hall–Kier alpha value is -1.73. The van der Waals surface area contributed by atoms with Crippen molar-refractivity contribution in [2.75, 3.05) is 14.2 Å². The number of rotatable bonds is 2. The van der Waals surface area contributed by atoms with Crippen molar-refractivity contribution in [1.82, 2.24) is 4.90 Å². The van der Waals surface area contributed by atoms with Gasteiger partial charge in [0, 0.05) is 14.0 Å². The Balaban J connectivity index is 2.10. The van der Waals surface area contributed by atoms with Crippen LogP contribution in [0, 0.1) is 11.8 Å². The number of carbonyl (C=O) groups is 3. The van der Waals surface area contributed by atoms with E-state index in [4.69, 9.17) is 4.74 Å². The molecule has 2 saturated heterocycles. The van der Waals surface area contributed by atoms with E-state index in [0.29, 0.717) is 0 Å². The van der Waals surface area contributed by atoms with Crippen LogP contribution in [0.5, 0.6) is 0 Å². The van der Waals surface area contributed by atoms with Crippen LogP contribution in [0.15, 0.2) is 17.5 Å². The van der Waals surface area contributed by atoms with Crippen molar-refractivity contribution in [3.63, 3.8) is 0 Å². The van der Waals surface area contributed by atoms with Gasteiger partial charge in [-0.3, -0.25) is 14.5 Å². The third kappa shape index (κ3) is 1.77. The zero-order chi connectivity index (χ0) is 15.4. The summed E-state index contributed by atoms with van der Waals surface area (Å²) in [5, 5.41) is 3.75. The molecule has 112 valence electrons. The lowest BCUT2D eigenvalue weighted by Crippen LogP contribution is -2.97. The lowest BCUT2D eigenvalue weighted by Gasteiger charge is -2.24. The largest absolute Gasteiger partial charge is 0.464 e. The van der Waals surface area contributed by atoms with Gasteiger partial charge in [0.15, 0.2) is 0 Å². The van der Waals surface area contributed by atoms with Crippen molar-refractivity contribution >= 4 is 29.1 Å². The number of quaternary nitrogens is 1. The molecule has 0 radical (unpaired) electrons. The highest BCUT2D eigenvalue weighted by Crippen LogP contribution is 2.44. The fraction of sp³-hybridized carbons (Fsp3) is 0.500. The van der Waals surface area contributed by atoms with Crippen molar-refractivity contribution in [3.8, 4) is 0 Å². The van der Waals surface area contributed by atoms with E-state index in [0.717, 1.165) is 9.78 Å². The monoisotopic (exact) mass is 309 g/mol. The molecule has 21 heavy (non-hydrogen) atoms. The number of likely N-dealkylation sites (tertiary alicyclic amines) is 1. The number of imide groups is 1. The summed E-state index contributed by atoms with van der Waals surface area (Å²) < 4.78 is 4.88. The normalized spacial score (nSPS) is 35.2. The van der Waals surface area contributed by atoms with Gasteiger partial charge >= 0.3 is 5.97 Å². The van der Waals surface area contributed by atoms with Crippen LogP contribution < -0.4 is 5.32 Å². The Bertz CT molecular complexity index is 615. The van der Waals surface area contributed by atoms with E-state index in [2.05, 4.69) is 0 Å². The molecule has 2 amide bonds. The number of hydrogen-bond donors (Lipinski definition) is 1. The number of fused-ring (bicyclic) bond motifs is 1. The summed E-state index contributed by atoms with van der Waals surface area (Å²) in [5.41, 5.74) is -1.06. The molecular weight excluding hydrogens is 292 g/mol. The third-order valence-electron chi connectivity index (χ3n) is 4.63. The van der Waals surface area contributed by atoms with Crippen molar-refractivity contribution in [2.45, 2.75) is 18.5 Å². The molecule has 3 rings (SSSR count). The highest BCUT2D eigenvalue weighted by Gasteiger charge is 2.70. The van der Waals surface area contributed by atoms with E-state index in [1.54, 1.807) is 6.92 Å². The molecule has 2 N–H and O–H groups in total. The molecule has 2 aliphatic rings. The fourth-order valence-electron chi connectivity index (χ4n) is 3.56. The molecule has 0 bridgehead atoms. The maximum atomic E-state index is 12.4. The number of ether oxygens (including phenoxy) is 1. The molecule has 6 nitrogen and oxygen atoms in total. The number of esters is 1. The SMILES string of the molecule is COC(=O)[C@]1(C)[NH2+][C@@H](c2cccs2)[C@H]2C(=O)N(C)C(=O)[C@@H]21. The van der Waals surface area contributed by atoms with E-state index in [1.165, 1.54) is 25.5 Å². The number of nitrogens with two attached hydrogens (primary N) is 1. The summed E-state index contributed by atoms with van der Waals surface area (Å²) in [7, 11) is 2.78. The Labute approximate surface area is 126 Å². The molecular formula is C14H17N2O4S+. The van der Waals surface area contributed by atoms with Gasteiger partial charge in [-0.15, -0.1) is 11.3 Å². The maximum Gasteiger partial charge on any atom is 0.368 e. The molecule has 1 aromatic rings. The number of methoxy groups -OCH3 is 1. The molecule has 7 heteroatoms. The minimum absolute atomic E-state index is 0.215. The first-order valence-electron chi connectivity index (χ1n) is 6.71. The van der Waals surface area contributed by atoms with Crippen molar-refractivity contribution in [3.05, 3.63) is 22.4 Å². The van der Waals surface area contributed by atoms with Crippen LogP contribution in [0.2, 0.25) is 0 Å². The van der Waals surface area contributed by atoms with Crippen molar-refractivity contribution < 1.29 is 24.4 Å². The molecule has 0 unspecified atom stereocenters. The highest BCUT2D eigenvalue weighted by molar-refractivity contribution is 7.10. The van der Waals surface area contributed by atoms with E-state index < -0.39 is 23.3 Å². The Morgan fingerprint density at radius 3 is 2.71 bits per heavy atom. The number of thiophene rings is 1. The number of nitrogens with zero attached hydrogens (tertiary/aromatic N) is 1. The summed E-state index contributed by atoms with van der Waals surface area (Å²) in [4.78, 5) is 39.2. The van der Waals surface area contributed by atoms with Crippen molar-refractivity contribution in [2.24, 2.45) is 11.8 Å². The molecule has 2 aliphatic heterocycles. The van der Waals surface area contributed by atoms with Gasteiger partial charge in [-0.05, 0) is 11.4 Å². The first-order valence-corrected chi connectivity index (χ1v) is 7.59. The number of carbonyl (C=O) groups excluding carboxylic acids is 3. The standard InChI is InChI=1S/C14H16N2O4S/c1-14(13(19)20-3)9-8(11(17)16(2)12(9)18)10(15-14)7-5-4-6-21-7/h4-6,8-10,15H,1-3H3/p+1/t8-,9+,10-,14+/m0/s1. The van der Waals surface area contributed by atoms with E-state index in [9.17, 15) is 14.4 Å². The van der Waals surface area contributed by atoms with Crippen LogP contribution in [0.4, 0.5) is 0 Å². The highest BCUT2D eigenvalue weighted by atomic mass is 32.1. The first-order chi connectivity index (χ1) is 9.91. The van der Waals surface area contributed by atoms with Crippen LogP contribution in [0.25, 0.3) is 0 Å². The average molecular weight is 309 g/mol. The van der Waals surface area contributed by atoms with Crippen LogP contribution in [-0.4, -0.2) is 42.4 Å². The molecule has 1 aromatic heterocycles. The topological polar surface area (TPSA) is 80.3 Å². The molecule has 4 atom stereocenters. The van der Waals surface area contributed by atoms with E-state index in [1.807, 2.05) is 22.8 Å². The molecule has 0 saturated carbocycles. The summed E-state index contributed by atoms with van der Waals surface area (Å²) in [6, 6.07) is 3.62. The quantitative estimate of drug-likeness (QED) is 0.591. The minimum atomic E-state index is -1.06. The Morgan fingerprint density at radius 2 is 2.14 bits per heavy atom. The molecule has 0 aliphatic carbocycles. The van der Waals surface area contributed by atoms with Crippen LogP contribution in [0.1, 0.15) is 17.8 Å².